The van der Waals surface area contributed by atoms with E-state index in [0.717, 1.165) is 36.1 Å². The minimum atomic E-state index is -0.957. The number of nitrogens with one attached hydrogen (secondary N) is 2. The normalized spacial score (nSPS) is 22.3. The van der Waals surface area contributed by atoms with Crippen molar-refractivity contribution in [2.24, 2.45) is 11.8 Å². The summed E-state index contributed by atoms with van der Waals surface area (Å²) in [7, 11) is 0. The molecule has 1 aromatic heterocycles. The van der Waals surface area contributed by atoms with E-state index in [1.807, 2.05) is 26.0 Å². The van der Waals surface area contributed by atoms with Crippen LogP contribution in [0.3, 0.4) is 0 Å². The van der Waals surface area contributed by atoms with E-state index in [9.17, 15) is 19.5 Å². The van der Waals surface area contributed by atoms with Crippen LogP contribution in [0.25, 0.3) is 0 Å². The van der Waals surface area contributed by atoms with E-state index >= 15 is 0 Å². The number of carboxylic acid groups (broad SMARTS) is 1. The van der Waals surface area contributed by atoms with Crippen LogP contribution in [0.5, 0.6) is 0 Å². The Kier molecular flexibility index (Phi) is 7.11. The fourth-order valence-electron chi connectivity index (χ4n) is 4.42. The molecule has 3 N–H and O–H groups in total. The van der Waals surface area contributed by atoms with Gasteiger partial charge in [0.2, 0.25) is 5.91 Å². The van der Waals surface area contributed by atoms with Crippen molar-refractivity contribution in [3.8, 4) is 0 Å². The first-order valence-corrected chi connectivity index (χ1v) is 11.4. The smallest absolute Gasteiger partial charge is 0.307 e. The Hall–Kier alpha value is -2.15. The first-order valence-electron chi connectivity index (χ1n) is 10.5. The Bertz CT molecular complexity index is 808. The average Bonchev–Trinajstić information content (AvgIpc) is 3.03. The third kappa shape index (κ3) is 4.89. The Morgan fingerprint density at radius 2 is 1.76 bits per heavy atom. The number of rotatable bonds is 6. The minimum absolute atomic E-state index is 0.133. The van der Waals surface area contributed by atoms with Crippen molar-refractivity contribution in [3.63, 3.8) is 0 Å². The highest BCUT2D eigenvalue weighted by molar-refractivity contribution is 7.16. The molecule has 0 spiro atoms. The standard InChI is InChI=1S/C22H30N2O4S/c1-3-15-13(2)29-21(18(15)20(26)23-14-9-5-4-6-10-14)24-19(25)16-11-7-8-12-17(16)22(27)28/h7-8,14,16-17H,3-6,9-12H2,1-2H3,(H,23,26)(H,24,25)(H,27,28)/t16-,17+/m0/s1. The summed E-state index contributed by atoms with van der Waals surface area (Å²) in [6.07, 6.45) is 10.6. The fraction of sp³-hybridized carbons (Fsp3) is 0.591. The molecule has 0 saturated heterocycles. The lowest BCUT2D eigenvalue weighted by molar-refractivity contribution is -0.146. The number of carboxylic acids is 1. The van der Waals surface area contributed by atoms with E-state index in [1.54, 1.807) is 0 Å². The van der Waals surface area contributed by atoms with E-state index in [-0.39, 0.29) is 17.9 Å². The monoisotopic (exact) mass is 418 g/mol. The molecule has 0 aromatic carbocycles. The Morgan fingerprint density at radius 3 is 2.38 bits per heavy atom. The third-order valence-corrected chi connectivity index (χ3v) is 7.12. The summed E-state index contributed by atoms with van der Waals surface area (Å²) < 4.78 is 0. The van der Waals surface area contributed by atoms with Gasteiger partial charge in [0.25, 0.3) is 5.91 Å². The van der Waals surface area contributed by atoms with Crippen molar-refractivity contribution in [2.45, 2.75) is 71.3 Å². The third-order valence-electron chi connectivity index (χ3n) is 6.05. The summed E-state index contributed by atoms with van der Waals surface area (Å²) >= 11 is 1.40. The Morgan fingerprint density at radius 1 is 1.10 bits per heavy atom. The molecule has 29 heavy (non-hydrogen) atoms. The molecule has 1 aromatic rings. The van der Waals surface area contributed by atoms with Crippen LogP contribution in [0.4, 0.5) is 5.00 Å². The second-order valence-electron chi connectivity index (χ2n) is 7.99. The van der Waals surface area contributed by atoms with Gasteiger partial charge in [-0.3, -0.25) is 14.4 Å². The van der Waals surface area contributed by atoms with E-state index in [0.29, 0.717) is 29.8 Å². The zero-order valence-electron chi connectivity index (χ0n) is 17.1. The first kappa shape index (κ1) is 21.6. The van der Waals surface area contributed by atoms with Gasteiger partial charge in [0.05, 0.1) is 17.4 Å². The highest BCUT2D eigenvalue weighted by Gasteiger charge is 2.35. The van der Waals surface area contributed by atoms with Crippen LogP contribution < -0.4 is 10.6 Å². The molecule has 2 aliphatic carbocycles. The maximum atomic E-state index is 13.1. The van der Waals surface area contributed by atoms with Gasteiger partial charge in [0.15, 0.2) is 0 Å². The number of carbonyl (C=O) groups is 3. The second-order valence-corrected chi connectivity index (χ2v) is 9.21. The lowest BCUT2D eigenvalue weighted by atomic mass is 9.82. The second kappa shape index (κ2) is 9.57. The number of aliphatic carboxylic acids is 1. The predicted molar refractivity (Wildman–Crippen MR) is 114 cm³/mol. The summed E-state index contributed by atoms with van der Waals surface area (Å²) in [6.45, 7) is 3.96. The maximum Gasteiger partial charge on any atom is 0.307 e. The molecule has 2 amide bonds. The highest BCUT2D eigenvalue weighted by Crippen LogP contribution is 2.35. The summed E-state index contributed by atoms with van der Waals surface area (Å²) in [6, 6.07) is 0.185. The molecule has 7 heteroatoms. The quantitative estimate of drug-likeness (QED) is 0.601. The van der Waals surface area contributed by atoms with Crippen LogP contribution >= 0.6 is 11.3 Å². The Labute approximate surface area is 175 Å². The molecule has 1 saturated carbocycles. The van der Waals surface area contributed by atoms with E-state index in [2.05, 4.69) is 10.6 Å². The number of carbonyl (C=O) groups excluding carboxylic acids is 2. The molecule has 3 rings (SSSR count). The SMILES string of the molecule is CCc1c(C)sc(NC(=O)[C@H]2CC=CC[C@H]2C(=O)O)c1C(=O)NC1CCCCC1. The van der Waals surface area contributed by atoms with Crippen LogP contribution in [0.1, 0.15) is 72.7 Å². The van der Waals surface area contributed by atoms with Gasteiger partial charge in [-0.1, -0.05) is 38.3 Å². The van der Waals surface area contributed by atoms with Crippen LogP contribution in [0, 0.1) is 18.8 Å². The molecular weight excluding hydrogens is 388 g/mol. The van der Waals surface area contributed by atoms with Gasteiger partial charge >= 0.3 is 5.97 Å². The number of amides is 2. The number of hydrogen-bond donors (Lipinski definition) is 3. The summed E-state index contributed by atoms with van der Waals surface area (Å²) in [5.41, 5.74) is 1.50. The van der Waals surface area contributed by atoms with Crippen LogP contribution in [-0.2, 0) is 16.0 Å². The number of thiophene rings is 1. The lowest BCUT2D eigenvalue weighted by Gasteiger charge is -2.25. The Balaban J connectivity index is 1.81. The summed E-state index contributed by atoms with van der Waals surface area (Å²) in [5.74, 6) is -2.77. The number of hydrogen-bond acceptors (Lipinski definition) is 4. The molecule has 6 nitrogen and oxygen atoms in total. The highest BCUT2D eigenvalue weighted by atomic mass is 32.1. The van der Waals surface area contributed by atoms with Gasteiger partial charge in [0, 0.05) is 10.9 Å². The van der Waals surface area contributed by atoms with Crippen LogP contribution in [0.15, 0.2) is 12.2 Å². The van der Waals surface area contributed by atoms with Gasteiger partial charge in [-0.15, -0.1) is 11.3 Å². The van der Waals surface area contributed by atoms with E-state index < -0.39 is 17.8 Å². The van der Waals surface area contributed by atoms with Gasteiger partial charge < -0.3 is 15.7 Å². The first-order chi connectivity index (χ1) is 13.9. The van der Waals surface area contributed by atoms with Crippen molar-refractivity contribution in [2.75, 3.05) is 5.32 Å². The molecule has 2 aliphatic rings. The zero-order chi connectivity index (χ0) is 21.0. The van der Waals surface area contributed by atoms with Gasteiger partial charge in [-0.25, -0.2) is 0 Å². The average molecular weight is 419 g/mol. The maximum absolute atomic E-state index is 13.1. The van der Waals surface area contributed by atoms with Crippen LogP contribution in [-0.4, -0.2) is 28.9 Å². The molecule has 158 valence electrons. The van der Waals surface area contributed by atoms with Gasteiger partial charge in [0.1, 0.15) is 5.00 Å². The van der Waals surface area contributed by atoms with Gasteiger partial charge in [-0.2, -0.15) is 0 Å². The predicted octanol–water partition coefficient (Wildman–Crippen LogP) is 4.29. The minimum Gasteiger partial charge on any atom is -0.481 e. The number of anilines is 1. The van der Waals surface area contributed by atoms with Crippen molar-refractivity contribution >= 4 is 34.1 Å². The zero-order valence-corrected chi connectivity index (χ0v) is 17.9. The fourth-order valence-corrected chi connectivity index (χ4v) is 5.56. The van der Waals surface area contributed by atoms with Crippen molar-refractivity contribution in [1.82, 2.24) is 5.32 Å². The summed E-state index contributed by atoms with van der Waals surface area (Å²) in [5, 5.41) is 16.1. The van der Waals surface area contributed by atoms with E-state index in [4.69, 9.17) is 0 Å². The molecule has 0 radical (unpaired) electrons. The van der Waals surface area contributed by atoms with Gasteiger partial charge in [-0.05, 0) is 44.6 Å². The molecule has 2 atom stereocenters. The van der Waals surface area contributed by atoms with Crippen LogP contribution in [0.2, 0.25) is 0 Å². The molecule has 0 bridgehead atoms. The summed E-state index contributed by atoms with van der Waals surface area (Å²) in [4.78, 5) is 38.6. The molecule has 1 fully saturated rings. The van der Waals surface area contributed by atoms with Crippen molar-refractivity contribution in [1.29, 1.82) is 0 Å². The molecule has 0 unspecified atom stereocenters. The van der Waals surface area contributed by atoms with Crippen molar-refractivity contribution < 1.29 is 19.5 Å². The lowest BCUT2D eigenvalue weighted by Crippen LogP contribution is -2.37. The van der Waals surface area contributed by atoms with E-state index in [1.165, 1.54) is 17.8 Å². The largest absolute Gasteiger partial charge is 0.481 e. The van der Waals surface area contributed by atoms with Crippen molar-refractivity contribution in [3.05, 3.63) is 28.2 Å². The number of allylic oxidation sites excluding steroid dienone is 2. The topological polar surface area (TPSA) is 95.5 Å². The molecule has 1 heterocycles. The molecule has 0 aliphatic heterocycles. The molecular formula is C22H30N2O4S. The number of aryl methyl sites for hydroxylation is 1.